The number of hydrogen-bond donors (Lipinski definition) is 1. The van der Waals surface area contributed by atoms with Gasteiger partial charge >= 0.3 is 0 Å². The molecule has 1 aromatic heterocycles. The number of halogens is 1. The summed E-state index contributed by atoms with van der Waals surface area (Å²) >= 11 is 0. The molecule has 0 radical (unpaired) electrons. The number of anilines is 1. The van der Waals surface area contributed by atoms with Crippen LogP contribution >= 0.6 is 0 Å². The van der Waals surface area contributed by atoms with Crippen molar-refractivity contribution < 1.29 is 9.18 Å². The second-order valence-corrected chi connectivity index (χ2v) is 6.15. The minimum Gasteiger partial charge on any atom is -0.322 e. The van der Waals surface area contributed by atoms with Crippen molar-refractivity contribution in [3.05, 3.63) is 82.4 Å². The first-order valence-corrected chi connectivity index (χ1v) is 8.10. The predicted octanol–water partition coefficient (Wildman–Crippen LogP) is 4.25. The molecule has 4 nitrogen and oxygen atoms in total. The lowest BCUT2D eigenvalue weighted by atomic mass is 10.1. The van der Waals surface area contributed by atoms with E-state index in [9.17, 15) is 9.18 Å². The van der Waals surface area contributed by atoms with Crippen molar-refractivity contribution in [1.29, 1.82) is 0 Å². The molecule has 0 fully saturated rings. The highest BCUT2D eigenvalue weighted by Gasteiger charge is 2.19. The van der Waals surface area contributed by atoms with Crippen molar-refractivity contribution in [2.75, 3.05) is 5.32 Å². The molecular formula is C20H20FN3O. The van der Waals surface area contributed by atoms with Crippen LogP contribution in [0.15, 0.2) is 48.5 Å². The van der Waals surface area contributed by atoms with Crippen LogP contribution in [0.1, 0.15) is 32.9 Å². The van der Waals surface area contributed by atoms with Gasteiger partial charge < -0.3 is 5.32 Å². The lowest BCUT2D eigenvalue weighted by Crippen LogP contribution is -2.14. The Labute approximate surface area is 146 Å². The van der Waals surface area contributed by atoms with Gasteiger partial charge in [-0.15, -0.1) is 0 Å². The first kappa shape index (κ1) is 16.9. The largest absolute Gasteiger partial charge is 0.322 e. The Bertz CT molecular complexity index is 913. The summed E-state index contributed by atoms with van der Waals surface area (Å²) in [5, 5.41) is 7.22. The zero-order valence-corrected chi connectivity index (χ0v) is 14.5. The monoisotopic (exact) mass is 337 g/mol. The summed E-state index contributed by atoms with van der Waals surface area (Å²) in [6, 6.07) is 14.1. The summed E-state index contributed by atoms with van der Waals surface area (Å²) < 4.78 is 15.1. The van der Waals surface area contributed by atoms with Gasteiger partial charge in [0, 0.05) is 11.4 Å². The SMILES string of the molecule is Cc1ccc(Cn2nc(C)c(C(=O)Nc3cccc(F)c3)c2C)cc1. The van der Waals surface area contributed by atoms with E-state index in [1.165, 1.54) is 17.7 Å². The first-order chi connectivity index (χ1) is 11.9. The average molecular weight is 337 g/mol. The van der Waals surface area contributed by atoms with Crippen LogP contribution in [0.2, 0.25) is 0 Å². The number of aromatic nitrogens is 2. The standard InChI is InChI=1S/C20H20FN3O/c1-13-7-9-16(10-8-13)12-24-15(3)19(14(2)23-24)20(25)22-18-6-4-5-17(21)11-18/h4-11H,12H2,1-3H3,(H,22,25). The van der Waals surface area contributed by atoms with Gasteiger partial charge in [0.05, 0.1) is 17.8 Å². The Hall–Kier alpha value is -2.95. The van der Waals surface area contributed by atoms with Crippen LogP contribution < -0.4 is 5.32 Å². The molecule has 1 N–H and O–H groups in total. The van der Waals surface area contributed by atoms with Gasteiger partial charge in [0.25, 0.3) is 5.91 Å². The molecule has 128 valence electrons. The topological polar surface area (TPSA) is 46.9 Å². The van der Waals surface area contributed by atoms with E-state index in [-0.39, 0.29) is 11.7 Å². The van der Waals surface area contributed by atoms with E-state index in [1.807, 2.05) is 18.5 Å². The van der Waals surface area contributed by atoms with Crippen LogP contribution in [0.4, 0.5) is 10.1 Å². The van der Waals surface area contributed by atoms with Gasteiger partial charge in [-0.3, -0.25) is 9.48 Å². The first-order valence-electron chi connectivity index (χ1n) is 8.10. The Morgan fingerprint density at radius 1 is 1.12 bits per heavy atom. The van der Waals surface area contributed by atoms with Gasteiger partial charge in [0.2, 0.25) is 0 Å². The summed E-state index contributed by atoms with van der Waals surface area (Å²) in [7, 11) is 0. The fourth-order valence-electron chi connectivity index (χ4n) is 2.81. The number of aryl methyl sites for hydroxylation is 2. The van der Waals surface area contributed by atoms with E-state index < -0.39 is 0 Å². The van der Waals surface area contributed by atoms with Crippen molar-refractivity contribution in [3.8, 4) is 0 Å². The fraction of sp³-hybridized carbons (Fsp3) is 0.200. The fourth-order valence-corrected chi connectivity index (χ4v) is 2.81. The van der Waals surface area contributed by atoms with E-state index in [0.717, 1.165) is 11.3 Å². The Morgan fingerprint density at radius 2 is 1.84 bits per heavy atom. The van der Waals surface area contributed by atoms with Crippen LogP contribution in [0, 0.1) is 26.6 Å². The Kier molecular flexibility index (Phi) is 4.65. The molecule has 0 unspecified atom stereocenters. The van der Waals surface area contributed by atoms with Crippen LogP contribution in [0.5, 0.6) is 0 Å². The molecule has 0 atom stereocenters. The maximum Gasteiger partial charge on any atom is 0.259 e. The highest BCUT2D eigenvalue weighted by atomic mass is 19.1. The summed E-state index contributed by atoms with van der Waals surface area (Å²) in [6.07, 6.45) is 0. The molecule has 0 aliphatic rings. The summed E-state index contributed by atoms with van der Waals surface area (Å²) in [5.41, 5.74) is 4.71. The highest BCUT2D eigenvalue weighted by molar-refractivity contribution is 6.05. The maximum atomic E-state index is 13.3. The second-order valence-electron chi connectivity index (χ2n) is 6.15. The van der Waals surface area contributed by atoms with Crippen molar-refractivity contribution >= 4 is 11.6 Å². The normalized spacial score (nSPS) is 10.7. The highest BCUT2D eigenvalue weighted by Crippen LogP contribution is 2.18. The van der Waals surface area contributed by atoms with Crippen molar-refractivity contribution in [2.45, 2.75) is 27.3 Å². The van der Waals surface area contributed by atoms with Gasteiger partial charge in [-0.1, -0.05) is 35.9 Å². The molecule has 0 aliphatic heterocycles. The zero-order valence-electron chi connectivity index (χ0n) is 14.5. The predicted molar refractivity (Wildman–Crippen MR) is 96.3 cm³/mol. The average Bonchev–Trinajstić information content (AvgIpc) is 2.83. The third-order valence-electron chi connectivity index (χ3n) is 4.14. The lowest BCUT2D eigenvalue weighted by Gasteiger charge is -2.07. The van der Waals surface area contributed by atoms with Gasteiger partial charge in [-0.25, -0.2) is 4.39 Å². The molecule has 25 heavy (non-hydrogen) atoms. The number of benzene rings is 2. The number of carbonyl (C=O) groups excluding carboxylic acids is 1. The van der Waals surface area contributed by atoms with E-state index in [1.54, 1.807) is 19.1 Å². The summed E-state index contributed by atoms with van der Waals surface area (Å²) in [6.45, 7) is 6.32. The third-order valence-corrected chi connectivity index (χ3v) is 4.14. The molecule has 1 heterocycles. The van der Waals surface area contributed by atoms with Crippen molar-refractivity contribution in [3.63, 3.8) is 0 Å². The number of amides is 1. The van der Waals surface area contributed by atoms with Gasteiger partial charge in [0.15, 0.2) is 0 Å². The number of hydrogen-bond acceptors (Lipinski definition) is 2. The lowest BCUT2D eigenvalue weighted by molar-refractivity contribution is 0.102. The van der Waals surface area contributed by atoms with Crippen molar-refractivity contribution in [1.82, 2.24) is 9.78 Å². The van der Waals surface area contributed by atoms with Crippen molar-refractivity contribution in [2.24, 2.45) is 0 Å². The zero-order chi connectivity index (χ0) is 18.0. The third kappa shape index (κ3) is 3.76. The van der Waals surface area contributed by atoms with E-state index >= 15 is 0 Å². The second kappa shape index (κ2) is 6.89. The van der Waals surface area contributed by atoms with Crippen LogP contribution in [0.25, 0.3) is 0 Å². The number of nitrogens with one attached hydrogen (secondary N) is 1. The molecule has 0 bridgehead atoms. The van der Waals surface area contributed by atoms with Gasteiger partial charge in [0.1, 0.15) is 5.82 Å². The van der Waals surface area contributed by atoms with Crippen LogP contribution in [-0.4, -0.2) is 15.7 Å². The smallest absolute Gasteiger partial charge is 0.259 e. The Balaban J connectivity index is 1.83. The molecule has 5 heteroatoms. The molecule has 0 saturated carbocycles. The maximum absolute atomic E-state index is 13.3. The van der Waals surface area contributed by atoms with Crippen LogP contribution in [0.3, 0.4) is 0 Å². The van der Waals surface area contributed by atoms with E-state index in [2.05, 4.69) is 34.7 Å². The van der Waals surface area contributed by atoms with Gasteiger partial charge in [-0.05, 0) is 44.5 Å². The minimum atomic E-state index is -0.388. The molecular weight excluding hydrogens is 317 g/mol. The molecule has 0 saturated heterocycles. The molecule has 3 aromatic rings. The van der Waals surface area contributed by atoms with Gasteiger partial charge in [-0.2, -0.15) is 5.10 Å². The quantitative estimate of drug-likeness (QED) is 0.774. The number of rotatable bonds is 4. The molecule has 1 amide bonds. The molecule has 0 aliphatic carbocycles. The van der Waals surface area contributed by atoms with E-state index in [4.69, 9.17) is 0 Å². The summed E-state index contributed by atoms with van der Waals surface area (Å²) in [4.78, 5) is 12.6. The molecule has 3 rings (SSSR count). The van der Waals surface area contributed by atoms with Crippen LogP contribution in [-0.2, 0) is 6.54 Å². The van der Waals surface area contributed by atoms with E-state index in [0.29, 0.717) is 23.5 Å². The summed E-state index contributed by atoms with van der Waals surface area (Å²) in [5.74, 6) is -0.669. The Morgan fingerprint density at radius 3 is 2.52 bits per heavy atom. The minimum absolute atomic E-state index is 0.282. The number of nitrogens with zero attached hydrogens (tertiary/aromatic N) is 2. The number of carbonyl (C=O) groups is 1. The molecule has 0 spiro atoms. The molecule has 2 aromatic carbocycles.